The number of fused-ring (bicyclic) bond motifs is 1. The first kappa shape index (κ1) is 16.4. The van der Waals surface area contributed by atoms with Gasteiger partial charge in [0.25, 0.3) is 0 Å². The summed E-state index contributed by atoms with van der Waals surface area (Å²) in [4.78, 5) is 2.48. The topological polar surface area (TPSA) is 30.9 Å². The molecule has 0 N–H and O–H groups in total. The summed E-state index contributed by atoms with van der Waals surface area (Å²) >= 11 is 0. The van der Waals surface area contributed by atoms with Crippen LogP contribution >= 0.6 is 0 Å². The molecule has 0 unspecified atom stereocenters. The SMILES string of the molecule is c1ccc(CCOC2CCN(Cc3cccc4c3OCO4)CC2)cc1. The van der Waals surface area contributed by atoms with Crippen LogP contribution in [0.4, 0.5) is 0 Å². The smallest absolute Gasteiger partial charge is 0.231 e. The predicted octanol–water partition coefficient (Wildman–Crippen LogP) is 3.64. The van der Waals surface area contributed by atoms with Crippen LogP contribution in [0.3, 0.4) is 0 Å². The molecule has 4 nitrogen and oxygen atoms in total. The van der Waals surface area contributed by atoms with Crippen LogP contribution in [0.5, 0.6) is 11.5 Å². The lowest BCUT2D eigenvalue weighted by Crippen LogP contribution is -2.36. The molecule has 0 amide bonds. The summed E-state index contributed by atoms with van der Waals surface area (Å²) < 4.78 is 17.2. The molecule has 1 saturated heterocycles. The molecule has 4 rings (SSSR count). The molecule has 0 spiro atoms. The minimum Gasteiger partial charge on any atom is -0.454 e. The minimum atomic E-state index is 0.337. The molecule has 2 aliphatic heterocycles. The van der Waals surface area contributed by atoms with Gasteiger partial charge >= 0.3 is 0 Å². The molecular weight excluding hydrogens is 314 g/mol. The molecule has 0 aliphatic carbocycles. The Morgan fingerprint density at radius 2 is 1.80 bits per heavy atom. The zero-order chi connectivity index (χ0) is 16.9. The largest absolute Gasteiger partial charge is 0.454 e. The van der Waals surface area contributed by atoms with E-state index in [4.69, 9.17) is 14.2 Å². The number of nitrogens with zero attached hydrogens (tertiary/aromatic N) is 1. The van der Waals surface area contributed by atoms with Crippen LogP contribution in [0.15, 0.2) is 48.5 Å². The molecule has 132 valence electrons. The molecule has 1 fully saturated rings. The van der Waals surface area contributed by atoms with E-state index in [1.54, 1.807) is 0 Å². The minimum absolute atomic E-state index is 0.337. The van der Waals surface area contributed by atoms with E-state index in [1.807, 2.05) is 12.1 Å². The maximum absolute atomic E-state index is 6.09. The summed E-state index contributed by atoms with van der Waals surface area (Å²) in [6, 6.07) is 16.7. The van der Waals surface area contributed by atoms with E-state index < -0.39 is 0 Å². The highest BCUT2D eigenvalue weighted by atomic mass is 16.7. The number of hydrogen-bond acceptors (Lipinski definition) is 4. The van der Waals surface area contributed by atoms with Crippen molar-refractivity contribution in [3.8, 4) is 11.5 Å². The highest BCUT2D eigenvalue weighted by Gasteiger charge is 2.23. The molecule has 0 bridgehead atoms. The molecular formula is C21H25NO3. The van der Waals surface area contributed by atoms with E-state index in [0.717, 1.165) is 57.0 Å². The highest BCUT2D eigenvalue weighted by molar-refractivity contribution is 5.48. The first-order valence-corrected chi connectivity index (χ1v) is 9.14. The third-order valence-corrected chi connectivity index (χ3v) is 4.99. The molecule has 2 aromatic carbocycles. The van der Waals surface area contributed by atoms with Gasteiger partial charge in [0, 0.05) is 25.2 Å². The number of benzene rings is 2. The summed E-state index contributed by atoms with van der Waals surface area (Å²) in [5, 5.41) is 0. The van der Waals surface area contributed by atoms with Crippen molar-refractivity contribution in [3.05, 3.63) is 59.7 Å². The maximum atomic E-state index is 6.09. The van der Waals surface area contributed by atoms with Crippen molar-refractivity contribution in [1.29, 1.82) is 0 Å². The van der Waals surface area contributed by atoms with E-state index >= 15 is 0 Å². The number of likely N-dealkylation sites (tertiary alicyclic amines) is 1. The molecule has 0 radical (unpaired) electrons. The first-order valence-electron chi connectivity index (χ1n) is 9.14. The van der Waals surface area contributed by atoms with Gasteiger partial charge in [-0.25, -0.2) is 0 Å². The monoisotopic (exact) mass is 339 g/mol. The average molecular weight is 339 g/mol. The fourth-order valence-electron chi connectivity index (χ4n) is 3.58. The Balaban J connectivity index is 1.22. The normalized spacial score (nSPS) is 17.8. The zero-order valence-corrected chi connectivity index (χ0v) is 14.5. The van der Waals surface area contributed by atoms with Crippen LogP contribution in [0.25, 0.3) is 0 Å². The van der Waals surface area contributed by atoms with Gasteiger partial charge in [0.1, 0.15) is 0 Å². The number of para-hydroxylation sites is 1. The Morgan fingerprint density at radius 3 is 2.64 bits per heavy atom. The van der Waals surface area contributed by atoms with Crippen LogP contribution in [0, 0.1) is 0 Å². The number of rotatable bonds is 6. The Labute approximate surface area is 149 Å². The molecule has 25 heavy (non-hydrogen) atoms. The lowest BCUT2D eigenvalue weighted by molar-refractivity contribution is 0.00727. The Bertz CT molecular complexity index is 681. The van der Waals surface area contributed by atoms with Crippen LogP contribution in [-0.2, 0) is 17.7 Å². The van der Waals surface area contributed by atoms with Crippen LogP contribution in [0.2, 0.25) is 0 Å². The van der Waals surface area contributed by atoms with Gasteiger partial charge in [-0.05, 0) is 30.9 Å². The summed E-state index contributed by atoms with van der Waals surface area (Å²) in [6.07, 6.45) is 3.58. The quantitative estimate of drug-likeness (QED) is 0.804. The summed E-state index contributed by atoms with van der Waals surface area (Å²) in [5.74, 6) is 1.79. The number of ether oxygens (including phenoxy) is 3. The van der Waals surface area contributed by atoms with Gasteiger partial charge < -0.3 is 14.2 Å². The van der Waals surface area contributed by atoms with Gasteiger partial charge in [0.2, 0.25) is 6.79 Å². The fourth-order valence-corrected chi connectivity index (χ4v) is 3.58. The summed E-state index contributed by atoms with van der Waals surface area (Å²) in [6.45, 7) is 4.21. The molecule has 0 aromatic heterocycles. The second kappa shape index (κ2) is 7.89. The maximum Gasteiger partial charge on any atom is 0.231 e. The van der Waals surface area contributed by atoms with Crippen LogP contribution in [-0.4, -0.2) is 37.5 Å². The van der Waals surface area contributed by atoms with Crippen molar-refractivity contribution in [2.24, 2.45) is 0 Å². The lowest BCUT2D eigenvalue weighted by atomic mass is 10.1. The molecule has 2 aliphatic rings. The molecule has 4 heteroatoms. The Hall–Kier alpha value is -2.04. The van der Waals surface area contributed by atoms with Crippen molar-refractivity contribution in [3.63, 3.8) is 0 Å². The second-order valence-electron chi connectivity index (χ2n) is 6.73. The Morgan fingerprint density at radius 1 is 0.960 bits per heavy atom. The van der Waals surface area contributed by atoms with E-state index in [2.05, 4.69) is 41.3 Å². The van der Waals surface area contributed by atoms with Crippen molar-refractivity contribution in [2.45, 2.75) is 31.9 Å². The third-order valence-electron chi connectivity index (χ3n) is 4.99. The third kappa shape index (κ3) is 4.14. The van der Waals surface area contributed by atoms with E-state index in [0.29, 0.717) is 12.9 Å². The number of piperidine rings is 1. The summed E-state index contributed by atoms with van der Waals surface area (Å²) in [7, 11) is 0. The molecule has 0 atom stereocenters. The van der Waals surface area contributed by atoms with Crippen LogP contribution < -0.4 is 9.47 Å². The van der Waals surface area contributed by atoms with Gasteiger partial charge in [0.05, 0.1) is 12.7 Å². The van der Waals surface area contributed by atoms with Gasteiger partial charge in [0.15, 0.2) is 11.5 Å². The van der Waals surface area contributed by atoms with Crippen molar-refractivity contribution < 1.29 is 14.2 Å². The number of hydrogen-bond donors (Lipinski definition) is 0. The van der Waals surface area contributed by atoms with Crippen LogP contribution in [0.1, 0.15) is 24.0 Å². The van der Waals surface area contributed by atoms with Gasteiger partial charge in [-0.2, -0.15) is 0 Å². The van der Waals surface area contributed by atoms with Gasteiger partial charge in [-0.3, -0.25) is 4.90 Å². The van der Waals surface area contributed by atoms with E-state index in [-0.39, 0.29) is 0 Å². The van der Waals surface area contributed by atoms with E-state index in [9.17, 15) is 0 Å². The zero-order valence-electron chi connectivity index (χ0n) is 14.5. The second-order valence-corrected chi connectivity index (χ2v) is 6.73. The summed E-state index contributed by atoms with van der Waals surface area (Å²) in [5.41, 5.74) is 2.57. The molecule has 2 aromatic rings. The standard InChI is InChI=1S/C21H25NO3/c1-2-5-17(6-3-1)11-14-23-19-9-12-22(13-10-19)15-18-7-4-8-20-21(18)25-16-24-20/h1-8,19H,9-16H2. The average Bonchev–Trinajstić information content (AvgIpc) is 3.14. The van der Waals surface area contributed by atoms with Crippen molar-refractivity contribution in [1.82, 2.24) is 4.90 Å². The molecule has 0 saturated carbocycles. The highest BCUT2D eigenvalue weighted by Crippen LogP contribution is 2.36. The lowest BCUT2D eigenvalue weighted by Gasteiger charge is -2.32. The Kier molecular flexibility index (Phi) is 5.19. The predicted molar refractivity (Wildman–Crippen MR) is 97.0 cm³/mol. The van der Waals surface area contributed by atoms with Gasteiger partial charge in [-0.15, -0.1) is 0 Å². The first-order chi connectivity index (χ1) is 12.4. The van der Waals surface area contributed by atoms with Gasteiger partial charge in [-0.1, -0.05) is 42.5 Å². The fraction of sp³-hybridized carbons (Fsp3) is 0.429. The van der Waals surface area contributed by atoms with Crippen molar-refractivity contribution >= 4 is 0 Å². The van der Waals surface area contributed by atoms with E-state index in [1.165, 1.54) is 11.1 Å². The molecule has 2 heterocycles. The van der Waals surface area contributed by atoms with Crippen molar-refractivity contribution in [2.75, 3.05) is 26.5 Å².